The van der Waals surface area contributed by atoms with Gasteiger partial charge in [0.25, 0.3) is 0 Å². The molecule has 0 saturated heterocycles. The van der Waals surface area contributed by atoms with Crippen LogP contribution in [0.1, 0.15) is 52.3 Å². The van der Waals surface area contributed by atoms with E-state index in [-0.39, 0.29) is 0 Å². The van der Waals surface area contributed by atoms with Crippen molar-refractivity contribution >= 4 is 0 Å². The normalized spacial score (nSPS) is 17.1. The van der Waals surface area contributed by atoms with Gasteiger partial charge in [-0.1, -0.05) is 20.3 Å². The van der Waals surface area contributed by atoms with Crippen molar-refractivity contribution in [3.8, 4) is 0 Å². The van der Waals surface area contributed by atoms with E-state index in [9.17, 15) is 0 Å². The zero-order valence-electron chi connectivity index (χ0n) is 11.2. The summed E-state index contributed by atoms with van der Waals surface area (Å²) in [6.07, 6.45) is 4.34. The molecule has 1 aromatic rings. The zero-order valence-corrected chi connectivity index (χ0v) is 11.2. The van der Waals surface area contributed by atoms with Gasteiger partial charge in [0, 0.05) is 25.3 Å². The molecule has 1 rings (SSSR count). The molecule has 1 N–H and O–H groups in total. The molecule has 16 heavy (non-hydrogen) atoms. The Morgan fingerprint density at radius 2 is 2.06 bits per heavy atom. The summed E-state index contributed by atoms with van der Waals surface area (Å²) in [5, 5.41) is 7.83. The van der Waals surface area contributed by atoms with E-state index in [1.54, 1.807) is 0 Å². The van der Waals surface area contributed by atoms with Crippen LogP contribution >= 0.6 is 0 Å². The first-order valence-corrected chi connectivity index (χ1v) is 6.28. The third-order valence-corrected chi connectivity index (χ3v) is 3.29. The maximum atomic E-state index is 4.20. The number of nitrogens with zero attached hydrogens (tertiary/aromatic N) is 2. The smallest absolute Gasteiger partial charge is 0.0547 e. The molecule has 0 aromatic carbocycles. The molecule has 1 heterocycles. The largest absolute Gasteiger partial charge is 0.306 e. The molecular formula is C13H25N3. The van der Waals surface area contributed by atoms with E-state index in [0.717, 1.165) is 5.92 Å². The van der Waals surface area contributed by atoms with Crippen molar-refractivity contribution in [3.63, 3.8) is 0 Å². The quantitative estimate of drug-likeness (QED) is 0.803. The monoisotopic (exact) mass is 223 g/mol. The first-order chi connectivity index (χ1) is 7.54. The molecule has 1 aromatic heterocycles. The van der Waals surface area contributed by atoms with Gasteiger partial charge >= 0.3 is 0 Å². The van der Waals surface area contributed by atoms with E-state index >= 15 is 0 Å². The van der Waals surface area contributed by atoms with Crippen molar-refractivity contribution in [2.24, 2.45) is 13.0 Å². The summed E-state index contributed by atoms with van der Waals surface area (Å²) < 4.78 is 1.94. The Labute approximate surface area is 99.2 Å². The molecule has 92 valence electrons. The molecule has 0 radical (unpaired) electrons. The standard InChI is InChI=1S/C13H25N3/c1-6-10(2)9-11(3)15-12(4)13-7-8-14-16(13)5/h7-8,10-12,15H,6,9H2,1-5H3. The van der Waals surface area contributed by atoms with Crippen LogP contribution in [0.4, 0.5) is 0 Å². The molecule has 0 amide bonds. The van der Waals surface area contributed by atoms with Crippen LogP contribution in [0.15, 0.2) is 12.3 Å². The Hall–Kier alpha value is -0.830. The van der Waals surface area contributed by atoms with Gasteiger partial charge in [0.15, 0.2) is 0 Å². The van der Waals surface area contributed by atoms with Crippen LogP contribution in [0, 0.1) is 5.92 Å². The topological polar surface area (TPSA) is 29.9 Å². The van der Waals surface area contributed by atoms with Crippen LogP contribution in [0.5, 0.6) is 0 Å². The average Bonchev–Trinajstić information content (AvgIpc) is 2.63. The fourth-order valence-electron chi connectivity index (χ4n) is 2.16. The molecular weight excluding hydrogens is 198 g/mol. The summed E-state index contributed by atoms with van der Waals surface area (Å²) in [6, 6.07) is 3.00. The van der Waals surface area contributed by atoms with E-state index < -0.39 is 0 Å². The minimum Gasteiger partial charge on any atom is -0.306 e. The number of rotatable bonds is 6. The highest BCUT2D eigenvalue weighted by molar-refractivity contribution is 5.05. The molecule has 0 aliphatic rings. The number of hydrogen-bond acceptors (Lipinski definition) is 2. The van der Waals surface area contributed by atoms with Gasteiger partial charge < -0.3 is 5.32 Å². The van der Waals surface area contributed by atoms with Gasteiger partial charge in [-0.2, -0.15) is 5.10 Å². The summed E-state index contributed by atoms with van der Waals surface area (Å²) in [5.74, 6) is 0.793. The summed E-state index contributed by atoms with van der Waals surface area (Å²) in [4.78, 5) is 0. The molecule has 3 atom stereocenters. The zero-order chi connectivity index (χ0) is 12.1. The van der Waals surface area contributed by atoms with Crippen molar-refractivity contribution in [1.29, 1.82) is 0 Å². The number of nitrogens with one attached hydrogen (secondary N) is 1. The Morgan fingerprint density at radius 1 is 1.38 bits per heavy atom. The average molecular weight is 223 g/mol. The highest BCUT2D eigenvalue weighted by Gasteiger charge is 2.13. The lowest BCUT2D eigenvalue weighted by molar-refractivity contribution is 0.378. The molecule has 0 bridgehead atoms. The maximum Gasteiger partial charge on any atom is 0.0547 e. The summed E-state index contributed by atoms with van der Waals surface area (Å²) >= 11 is 0. The van der Waals surface area contributed by atoms with Crippen LogP contribution in [0.2, 0.25) is 0 Å². The van der Waals surface area contributed by atoms with Gasteiger partial charge in [0.1, 0.15) is 0 Å². The maximum absolute atomic E-state index is 4.20. The van der Waals surface area contributed by atoms with Gasteiger partial charge in [0.2, 0.25) is 0 Å². The van der Waals surface area contributed by atoms with Crippen molar-refractivity contribution in [3.05, 3.63) is 18.0 Å². The third-order valence-electron chi connectivity index (χ3n) is 3.29. The second kappa shape index (κ2) is 6.04. The fraction of sp³-hybridized carbons (Fsp3) is 0.769. The molecule has 3 heteroatoms. The van der Waals surface area contributed by atoms with E-state index in [0.29, 0.717) is 12.1 Å². The van der Waals surface area contributed by atoms with Crippen LogP contribution in [-0.2, 0) is 7.05 Å². The van der Waals surface area contributed by atoms with E-state index in [1.165, 1.54) is 18.5 Å². The summed E-state index contributed by atoms with van der Waals surface area (Å²) in [6.45, 7) is 9.03. The molecule has 0 aliphatic heterocycles. The van der Waals surface area contributed by atoms with Crippen LogP contribution in [0.3, 0.4) is 0 Å². The van der Waals surface area contributed by atoms with Crippen molar-refractivity contribution in [2.45, 2.75) is 52.6 Å². The number of hydrogen-bond donors (Lipinski definition) is 1. The van der Waals surface area contributed by atoms with Gasteiger partial charge in [0.05, 0.1) is 5.69 Å². The lowest BCUT2D eigenvalue weighted by atomic mass is 10.00. The number of aromatic nitrogens is 2. The second-order valence-electron chi connectivity index (χ2n) is 4.92. The third kappa shape index (κ3) is 3.63. The highest BCUT2D eigenvalue weighted by Crippen LogP contribution is 2.15. The van der Waals surface area contributed by atoms with E-state index in [4.69, 9.17) is 0 Å². The predicted octanol–water partition coefficient (Wildman–Crippen LogP) is 2.90. The molecule has 0 spiro atoms. The first-order valence-electron chi connectivity index (χ1n) is 6.28. The van der Waals surface area contributed by atoms with Crippen molar-refractivity contribution < 1.29 is 0 Å². The van der Waals surface area contributed by atoms with Crippen LogP contribution < -0.4 is 5.32 Å². The van der Waals surface area contributed by atoms with Crippen molar-refractivity contribution in [1.82, 2.24) is 15.1 Å². The Balaban J connectivity index is 2.45. The van der Waals surface area contributed by atoms with Crippen LogP contribution in [0.25, 0.3) is 0 Å². The number of aryl methyl sites for hydroxylation is 1. The minimum atomic E-state index is 0.367. The molecule has 0 saturated carbocycles. The lowest BCUT2D eigenvalue weighted by Crippen LogP contribution is -2.31. The van der Waals surface area contributed by atoms with Gasteiger partial charge in [-0.3, -0.25) is 4.68 Å². The molecule has 0 aliphatic carbocycles. The molecule has 0 fully saturated rings. The predicted molar refractivity (Wildman–Crippen MR) is 68.3 cm³/mol. The first kappa shape index (κ1) is 13.2. The highest BCUT2D eigenvalue weighted by atomic mass is 15.3. The minimum absolute atomic E-state index is 0.367. The Bertz CT molecular complexity index is 306. The van der Waals surface area contributed by atoms with E-state index in [2.05, 4.69) is 44.2 Å². The van der Waals surface area contributed by atoms with Gasteiger partial charge in [-0.15, -0.1) is 0 Å². The van der Waals surface area contributed by atoms with Gasteiger partial charge in [-0.25, -0.2) is 0 Å². The molecule has 3 nitrogen and oxygen atoms in total. The Kier molecular flexibility index (Phi) is 5.00. The van der Waals surface area contributed by atoms with Crippen LogP contribution in [-0.4, -0.2) is 15.8 Å². The SMILES string of the molecule is CCC(C)CC(C)NC(C)c1ccnn1C. The fourth-order valence-corrected chi connectivity index (χ4v) is 2.16. The summed E-state index contributed by atoms with van der Waals surface area (Å²) in [5.41, 5.74) is 1.25. The molecule has 3 unspecified atom stereocenters. The Morgan fingerprint density at radius 3 is 2.56 bits per heavy atom. The van der Waals surface area contributed by atoms with E-state index in [1.807, 2.05) is 17.9 Å². The summed E-state index contributed by atoms with van der Waals surface area (Å²) in [7, 11) is 1.99. The second-order valence-corrected chi connectivity index (χ2v) is 4.92. The van der Waals surface area contributed by atoms with Gasteiger partial charge in [-0.05, 0) is 32.3 Å². The lowest BCUT2D eigenvalue weighted by Gasteiger charge is -2.22. The van der Waals surface area contributed by atoms with Crippen molar-refractivity contribution in [2.75, 3.05) is 0 Å².